The minimum atomic E-state index is -4.79. The summed E-state index contributed by atoms with van der Waals surface area (Å²) in [7, 11) is 0. The highest BCUT2D eigenvalue weighted by Crippen LogP contribution is 2.33. The molecule has 0 spiro atoms. The molecule has 0 radical (unpaired) electrons. The Morgan fingerprint density at radius 3 is 1.56 bits per heavy atom. The van der Waals surface area contributed by atoms with Crippen molar-refractivity contribution in [1.29, 1.82) is 0 Å². The molecule has 3 aromatic rings. The van der Waals surface area contributed by atoms with Gasteiger partial charge in [-0.3, -0.25) is 5.10 Å². The largest absolute Gasteiger partial charge is 0.573 e. The molecular weight excluding hydrogens is 378 g/mol. The topological polar surface area (TPSA) is 47.1 Å². The molecule has 0 amide bonds. The number of nitrogens with one attached hydrogen (secondary N) is 1. The van der Waals surface area contributed by atoms with Gasteiger partial charge in [-0.15, -0.1) is 26.3 Å². The van der Waals surface area contributed by atoms with Crippen LogP contribution < -0.4 is 9.47 Å². The van der Waals surface area contributed by atoms with Gasteiger partial charge < -0.3 is 9.47 Å². The summed E-state index contributed by atoms with van der Waals surface area (Å²) in [5.41, 5.74) is 2.10. The van der Waals surface area contributed by atoms with Crippen molar-refractivity contribution in [3.05, 3.63) is 54.7 Å². The number of aromatic nitrogens is 2. The van der Waals surface area contributed by atoms with Gasteiger partial charge >= 0.3 is 12.7 Å². The van der Waals surface area contributed by atoms with E-state index in [4.69, 9.17) is 0 Å². The van der Waals surface area contributed by atoms with Gasteiger partial charge in [-0.25, -0.2) is 0 Å². The van der Waals surface area contributed by atoms with Gasteiger partial charge in [0.2, 0.25) is 0 Å². The lowest BCUT2D eigenvalue weighted by molar-refractivity contribution is -0.275. The first-order chi connectivity index (χ1) is 12.6. The highest BCUT2D eigenvalue weighted by molar-refractivity contribution is 5.80. The predicted molar refractivity (Wildman–Crippen MR) is 82.8 cm³/mol. The predicted octanol–water partition coefficient (Wildman–Crippen LogP) is 5.54. The summed E-state index contributed by atoms with van der Waals surface area (Å²) in [5, 5.41) is 6.61. The van der Waals surface area contributed by atoms with E-state index in [1.807, 2.05) is 0 Å². The Labute approximate surface area is 148 Å². The van der Waals surface area contributed by atoms with Crippen molar-refractivity contribution in [1.82, 2.24) is 10.2 Å². The average Bonchev–Trinajstić information content (AvgIpc) is 3.03. The summed E-state index contributed by atoms with van der Waals surface area (Å²) in [5.74, 6) is -0.745. The summed E-state index contributed by atoms with van der Waals surface area (Å²) in [6, 6.07) is 10.2. The van der Waals surface area contributed by atoms with Crippen LogP contribution in [-0.4, -0.2) is 22.9 Å². The van der Waals surface area contributed by atoms with Crippen LogP contribution in [0.2, 0.25) is 0 Å². The van der Waals surface area contributed by atoms with Crippen LogP contribution in [0.4, 0.5) is 26.3 Å². The Morgan fingerprint density at radius 1 is 0.667 bits per heavy atom. The van der Waals surface area contributed by atoms with Crippen molar-refractivity contribution in [2.45, 2.75) is 12.7 Å². The van der Waals surface area contributed by atoms with E-state index in [2.05, 4.69) is 19.7 Å². The Balaban J connectivity index is 1.84. The third-order valence-corrected chi connectivity index (χ3v) is 3.41. The number of ether oxygens (including phenoxy) is 2. The van der Waals surface area contributed by atoms with Crippen molar-refractivity contribution in [2.75, 3.05) is 0 Å². The van der Waals surface area contributed by atoms with Crippen LogP contribution in [0.1, 0.15) is 0 Å². The van der Waals surface area contributed by atoms with E-state index in [1.54, 1.807) is 0 Å². The number of hydrogen-bond donors (Lipinski definition) is 1. The summed E-state index contributed by atoms with van der Waals surface area (Å²) >= 11 is 0. The molecule has 0 bridgehead atoms. The van der Waals surface area contributed by atoms with E-state index < -0.39 is 12.7 Å². The lowest BCUT2D eigenvalue weighted by Gasteiger charge is -2.10. The van der Waals surface area contributed by atoms with Crippen LogP contribution in [0, 0.1) is 0 Å². The standard InChI is InChI=1S/C17H10F6N2O2/c18-16(19,20)26-12-5-1-10(2-6-12)14-9-24-25-15(14)11-3-7-13(8-4-11)27-17(21,22)23/h1-9H,(H,24,25). The van der Waals surface area contributed by atoms with E-state index >= 15 is 0 Å². The Morgan fingerprint density at radius 2 is 1.11 bits per heavy atom. The van der Waals surface area contributed by atoms with E-state index in [-0.39, 0.29) is 11.5 Å². The van der Waals surface area contributed by atoms with Crippen LogP contribution in [0.5, 0.6) is 11.5 Å². The van der Waals surface area contributed by atoms with E-state index in [0.717, 1.165) is 24.3 Å². The first-order valence-corrected chi connectivity index (χ1v) is 7.36. The number of benzene rings is 2. The van der Waals surface area contributed by atoms with Crippen molar-refractivity contribution in [3.8, 4) is 33.9 Å². The van der Waals surface area contributed by atoms with Crippen molar-refractivity contribution >= 4 is 0 Å². The summed E-state index contributed by atoms with van der Waals surface area (Å²) in [6.07, 6.45) is -8.13. The Hall–Kier alpha value is -3.17. The van der Waals surface area contributed by atoms with Crippen LogP contribution >= 0.6 is 0 Å². The van der Waals surface area contributed by atoms with Crippen LogP contribution in [-0.2, 0) is 0 Å². The second-order valence-corrected chi connectivity index (χ2v) is 5.30. The highest BCUT2D eigenvalue weighted by Gasteiger charge is 2.31. The van der Waals surface area contributed by atoms with Gasteiger partial charge in [-0.1, -0.05) is 12.1 Å². The number of rotatable bonds is 4. The first kappa shape index (κ1) is 18.6. The zero-order chi connectivity index (χ0) is 19.7. The molecule has 0 aliphatic rings. The molecule has 0 atom stereocenters. The molecule has 0 saturated heterocycles. The molecule has 142 valence electrons. The van der Waals surface area contributed by atoms with Gasteiger partial charge in [0.25, 0.3) is 0 Å². The molecule has 0 aliphatic carbocycles. The second kappa shape index (κ2) is 6.86. The van der Waals surface area contributed by atoms with Gasteiger partial charge in [0.15, 0.2) is 0 Å². The Bertz CT molecular complexity index is 825. The molecule has 4 nitrogen and oxygen atoms in total. The van der Waals surface area contributed by atoms with Crippen LogP contribution in [0.25, 0.3) is 22.4 Å². The van der Waals surface area contributed by atoms with Crippen LogP contribution in [0.15, 0.2) is 54.7 Å². The lowest BCUT2D eigenvalue weighted by Crippen LogP contribution is -2.17. The normalized spacial score (nSPS) is 12.1. The maximum absolute atomic E-state index is 12.2. The van der Waals surface area contributed by atoms with Crippen molar-refractivity contribution < 1.29 is 35.8 Å². The zero-order valence-corrected chi connectivity index (χ0v) is 13.2. The minimum absolute atomic E-state index is 0.370. The molecule has 0 saturated carbocycles. The molecule has 0 fully saturated rings. The second-order valence-electron chi connectivity index (χ2n) is 5.30. The summed E-state index contributed by atoms with van der Waals surface area (Å²) in [4.78, 5) is 0. The molecule has 10 heteroatoms. The maximum atomic E-state index is 12.2. The number of H-pyrrole nitrogens is 1. The minimum Gasteiger partial charge on any atom is -0.406 e. The molecule has 0 aliphatic heterocycles. The molecule has 27 heavy (non-hydrogen) atoms. The van der Waals surface area contributed by atoms with Crippen molar-refractivity contribution in [3.63, 3.8) is 0 Å². The molecule has 3 rings (SSSR count). The number of nitrogens with zero attached hydrogens (tertiary/aromatic N) is 1. The zero-order valence-electron chi connectivity index (χ0n) is 13.2. The van der Waals surface area contributed by atoms with Crippen LogP contribution in [0.3, 0.4) is 0 Å². The van der Waals surface area contributed by atoms with E-state index in [9.17, 15) is 26.3 Å². The van der Waals surface area contributed by atoms with Gasteiger partial charge in [-0.2, -0.15) is 5.10 Å². The average molecular weight is 388 g/mol. The molecular formula is C17H10F6N2O2. The van der Waals surface area contributed by atoms with Gasteiger partial charge in [0, 0.05) is 11.1 Å². The van der Waals surface area contributed by atoms with Gasteiger partial charge in [0.05, 0.1) is 11.9 Å². The number of halogens is 6. The fourth-order valence-electron chi connectivity index (χ4n) is 2.38. The summed E-state index contributed by atoms with van der Waals surface area (Å²) in [6.45, 7) is 0. The fraction of sp³-hybridized carbons (Fsp3) is 0.118. The molecule has 1 heterocycles. The van der Waals surface area contributed by atoms with Gasteiger partial charge in [-0.05, 0) is 42.0 Å². The van der Waals surface area contributed by atoms with Gasteiger partial charge in [0.1, 0.15) is 11.5 Å². The van der Waals surface area contributed by atoms with E-state index in [1.165, 1.54) is 30.5 Å². The smallest absolute Gasteiger partial charge is 0.406 e. The summed E-state index contributed by atoms with van der Waals surface area (Å²) < 4.78 is 80.9. The van der Waals surface area contributed by atoms with Crippen molar-refractivity contribution in [2.24, 2.45) is 0 Å². The number of hydrogen-bond acceptors (Lipinski definition) is 3. The molecule has 1 aromatic heterocycles. The Kier molecular flexibility index (Phi) is 4.73. The fourth-order valence-corrected chi connectivity index (χ4v) is 2.38. The monoisotopic (exact) mass is 388 g/mol. The first-order valence-electron chi connectivity index (χ1n) is 7.36. The lowest BCUT2D eigenvalue weighted by atomic mass is 10.0. The number of aromatic amines is 1. The maximum Gasteiger partial charge on any atom is 0.573 e. The third kappa shape index (κ3) is 4.93. The highest BCUT2D eigenvalue weighted by atomic mass is 19.4. The molecule has 0 unspecified atom stereocenters. The number of alkyl halides is 6. The quantitative estimate of drug-likeness (QED) is 0.597. The SMILES string of the molecule is FC(F)(F)Oc1ccc(-c2cn[nH]c2-c2ccc(OC(F)(F)F)cc2)cc1. The van der Waals surface area contributed by atoms with E-state index in [0.29, 0.717) is 22.4 Å². The molecule has 1 N–H and O–H groups in total. The third-order valence-electron chi connectivity index (χ3n) is 3.41. The molecule has 2 aromatic carbocycles.